The Labute approximate surface area is 187 Å². The first-order chi connectivity index (χ1) is 15.6. The zero-order valence-corrected chi connectivity index (χ0v) is 17.7. The Kier molecular flexibility index (Phi) is 6.26. The zero-order chi connectivity index (χ0) is 22.5. The summed E-state index contributed by atoms with van der Waals surface area (Å²) in [4.78, 5) is 13.5. The van der Waals surface area contributed by atoms with Crippen molar-refractivity contribution in [3.05, 3.63) is 107 Å². The van der Waals surface area contributed by atoms with E-state index in [4.69, 9.17) is 0 Å². The van der Waals surface area contributed by atoms with E-state index >= 15 is 0 Å². The summed E-state index contributed by atoms with van der Waals surface area (Å²) >= 11 is -2.26. The Hall–Kier alpha value is -3.99. The minimum atomic E-state index is -2.26. The van der Waals surface area contributed by atoms with Crippen molar-refractivity contribution >= 4 is 16.8 Å². The van der Waals surface area contributed by atoms with Gasteiger partial charge in [-0.2, -0.15) is 5.26 Å². The Morgan fingerprint density at radius 2 is 1.56 bits per heavy atom. The van der Waals surface area contributed by atoms with Crippen LogP contribution in [0.25, 0.3) is 27.9 Å². The molecule has 6 nitrogen and oxygen atoms in total. The predicted octanol–water partition coefficient (Wildman–Crippen LogP) is 4.29. The molecule has 1 aromatic heterocycles. The molecule has 32 heavy (non-hydrogen) atoms. The summed E-state index contributed by atoms with van der Waals surface area (Å²) in [6.45, 7) is 0. The summed E-state index contributed by atoms with van der Waals surface area (Å²) in [6, 6.07) is 27.4. The summed E-state index contributed by atoms with van der Waals surface area (Å²) in [5.41, 5.74) is 3.80. The van der Waals surface area contributed by atoms with Crippen molar-refractivity contribution < 1.29 is 8.76 Å². The smallest absolute Gasteiger partial charge is 0.263 e. The monoisotopic (exact) mass is 440 g/mol. The molecule has 0 saturated heterocycles. The number of nitrogens with zero attached hydrogens (tertiary/aromatic N) is 2. The van der Waals surface area contributed by atoms with Crippen LogP contribution in [0.1, 0.15) is 5.56 Å². The lowest BCUT2D eigenvalue weighted by Crippen LogP contribution is -2.20. The van der Waals surface area contributed by atoms with Gasteiger partial charge < -0.3 is 9.87 Å². The van der Waals surface area contributed by atoms with Gasteiger partial charge in [0.1, 0.15) is 0 Å². The van der Waals surface area contributed by atoms with Crippen LogP contribution < -0.4 is 10.9 Å². The standard InChI is InChI=1S/C25H19N3O3S/c26-15-18-8-4-5-11-21(18)23-14-19(16-28(25(23)29)20-9-2-1-3-10-20)22-12-6-7-13-24(22)27-17-32(30)31/h1-14,16,27H,17H2,(H,30,31)/p-1. The van der Waals surface area contributed by atoms with E-state index in [1.165, 1.54) is 0 Å². The van der Waals surface area contributed by atoms with E-state index < -0.39 is 11.1 Å². The lowest BCUT2D eigenvalue weighted by molar-refractivity contribution is 0.539. The van der Waals surface area contributed by atoms with Crippen molar-refractivity contribution in [2.45, 2.75) is 0 Å². The first-order valence-electron chi connectivity index (χ1n) is 9.79. The fourth-order valence-electron chi connectivity index (χ4n) is 3.54. The minimum absolute atomic E-state index is 0.237. The van der Waals surface area contributed by atoms with Crippen molar-refractivity contribution in [2.75, 3.05) is 11.2 Å². The lowest BCUT2D eigenvalue weighted by atomic mass is 9.97. The number of hydrogen-bond donors (Lipinski definition) is 1. The highest BCUT2D eigenvalue weighted by Crippen LogP contribution is 2.31. The highest BCUT2D eigenvalue weighted by atomic mass is 32.2. The van der Waals surface area contributed by atoms with E-state index in [-0.39, 0.29) is 11.4 Å². The molecule has 0 fully saturated rings. The highest BCUT2D eigenvalue weighted by Gasteiger charge is 2.15. The average Bonchev–Trinajstić information content (AvgIpc) is 2.83. The Bertz CT molecular complexity index is 1390. The first-order valence-corrected chi connectivity index (χ1v) is 11.0. The Morgan fingerprint density at radius 3 is 2.28 bits per heavy atom. The largest absolute Gasteiger partial charge is 0.771 e. The van der Waals surface area contributed by atoms with Crippen LogP contribution in [-0.2, 0) is 11.1 Å². The van der Waals surface area contributed by atoms with Crippen LogP contribution in [0, 0.1) is 11.3 Å². The fourth-order valence-corrected chi connectivity index (χ4v) is 3.82. The number of aromatic nitrogens is 1. The SMILES string of the molecule is N#Cc1ccccc1-c1cc(-c2ccccc2NCS(=O)[O-])cn(-c2ccccc2)c1=O. The van der Waals surface area contributed by atoms with E-state index in [2.05, 4.69) is 11.4 Å². The molecule has 0 aliphatic rings. The maximum Gasteiger partial charge on any atom is 0.263 e. The third kappa shape index (κ3) is 4.37. The zero-order valence-electron chi connectivity index (χ0n) is 16.9. The number of nitriles is 1. The second kappa shape index (κ2) is 9.43. The predicted molar refractivity (Wildman–Crippen MR) is 125 cm³/mol. The van der Waals surface area contributed by atoms with Gasteiger partial charge in [0.05, 0.1) is 17.5 Å². The van der Waals surface area contributed by atoms with Crippen LogP contribution in [0.4, 0.5) is 5.69 Å². The molecular weight excluding hydrogens is 422 g/mol. The van der Waals surface area contributed by atoms with Gasteiger partial charge in [0, 0.05) is 39.8 Å². The molecule has 0 aliphatic carbocycles. The maximum atomic E-state index is 13.5. The van der Waals surface area contributed by atoms with Gasteiger partial charge in [0.15, 0.2) is 0 Å². The molecule has 4 rings (SSSR count). The molecule has 0 radical (unpaired) electrons. The number of anilines is 1. The Balaban J connectivity index is 1.99. The number of benzene rings is 3. The van der Waals surface area contributed by atoms with Gasteiger partial charge in [-0.05, 0) is 41.4 Å². The molecule has 4 aromatic rings. The Morgan fingerprint density at radius 1 is 0.906 bits per heavy atom. The molecule has 7 heteroatoms. The van der Waals surface area contributed by atoms with Crippen molar-refractivity contribution in [3.8, 4) is 34.0 Å². The van der Waals surface area contributed by atoms with Gasteiger partial charge >= 0.3 is 0 Å². The molecule has 0 saturated carbocycles. The second-order valence-electron chi connectivity index (χ2n) is 6.98. The van der Waals surface area contributed by atoms with Gasteiger partial charge in [-0.3, -0.25) is 13.6 Å². The van der Waals surface area contributed by atoms with Crippen molar-refractivity contribution in [3.63, 3.8) is 0 Å². The minimum Gasteiger partial charge on any atom is -0.771 e. The molecule has 0 amide bonds. The molecule has 1 unspecified atom stereocenters. The van der Waals surface area contributed by atoms with Gasteiger partial charge in [0.2, 0.25) is 0 Å². The number of rotatable bonds is 6. The topological polar surface area (TPSA) is 97.9 Å². The molecular formula is C25H18N3O3S-. The fraction of sp³-hybridized carbons (Fsp3) is 0.0400. The molecule has 0 spiro atoms. The number of para-hydroxylation sites is 2. The van der Waals surface area contributed by atoms with E-state index in [9.17, 15) is 18.8 Å². The first kappa shape index (κ1) is 21.2. The van der Waals surface area contributed by atoms with Gasteiger partial charge in [-0.1, -0.05) is 54.6 Å². The summed E-state index contributed by atoms with van der Waals surface area (Å²) in [5, 5.41) is 12.5. The summed E-state index contributed by atoms with van der Waals surface area (Å²) in [7, 11) is 0. The summed E-state index contributed by atoms with van der Waals surface area (Å²) < 4.78 is 23.7. The number of pyridine rings is 1. The third-order valence-electron chi connectivity index (χ3n) is 5.01. The number of nitrogens with one attached hydrogen (secondary N) is 1. The average molecular weight is 441 g/mol. The van der Waals surface area contributed by atoms with Crippen molar-refractivity contribution in [1.82, 2.24) is 4.57 Å². The van der Waals surface area contributed by atoms with Gasteiger partial charge in [-0.15, -0.1) is 0 Å². The molecule has 3 aromatic carbocycles. The van der Waals surface area contributed by atoms with E-state index in [0.29, 0.717) is 33.6 Å². The molecule has 158 valence electrons. The van der Waals surface area contributed by atoms with Gasteiger partial charge in [0.25, 0.3) is 5.56 Å². The van der Waals surface area contributed by atoms with Gasteiger partial charge in [-0.25, -0.2) is 0 Å². The number of hydrogen-bond acceptors (Lipinski definition) is 5. The van der Waals surface area contributed by atoms with Crippen molar-refractivity contribution in [2.24, 2.45) is 0 Å². The van der Waals surface area contributed by atoms with Crippen LogP contribution in [-0.4, -0.2) is 19.2 Å². The van der Waals surface area contributed by atoms with Crippen LogP contribution in [0.3, 0.4) is 0 Å². The molecule has 1 atom stereocenters. The molecule has 1 N–H and O–H groups in total. The second-order valence-corrected chi connectivity index (χ2v) is 7.88. The van der Waals surface area contributed by atoms with Crippen LogP contribution in [0.5, 0.6) is 0 Å². The maximum absolute atomic E-state index is 13.5. The van der Waals surface area contributed by atoms with E-state index in [1.54, 1.807) is 53.2 Å². The normalized spacial score (nSPS) is 11.5. The van der Waals surface area contributed by atoms with E-state index in [0.717, 1.165) is 5.56 Å². The summed E-state index contributed by atoms with van der Waals surface area (Å²) in [5.74, 6) is -0.237. The molecule has 0 bridgehead atoms. The lowest BCUT2D eigenvalue weighted by Gasteiger charge is -2.17. The highest BCUT2D eigenvalue weighted by molar-refractivity contribution is 7.79. The summed E-state index contributed by atoms with van der Waals surface area (Å²) in [6.07, 6.45) is 1.73. The third-order valence-corrected chi connectivity index (χ3v) is 5.39. The van der Waals surface area contributed by atoms with Crippen LogP contribution in [0.2, 0.25) is 0 Å². The van der Waals surface area contributed by atoms with Crippen LogP contribution in [0.15, 0.2) is 95.9 Å². The van der Waals surface area contributed by atoms with Crippen molar-refractivity contribution in [1.29, 1.82) is 5.26 Å². The van der Waals surface area contributed by atoms with E-state index in [1.807, 2.05) is 42.5 Å². The quantitative estimate of drug-likeness (QED) is 0.451. The van der Waals surface area contributed by atoms with Crippen LogP contribution >= 0.6 is 0 Å². The molecule has 1 heterocycles. The molecule has 0 aliphatic heterocycles.